The smallest absolute Gasteiger partial charge is 0.257 e. The van der Waals surface area contributed by atoms with Crippen LogP contribution >= 0.6 is 15.9 Å². The van der Waals surface area contributed by atoms with Crippen molar-refractivity contribution in [2.45, 2.75) is 11.8 Å². The standard InChI is InChI=1S/C15H14BrN3O4S/c1-9(20)18-14-7-2-10(16)8-13(14)15(21)19-11-3-5-12(6-4-11)24(17,22)23/h2-8H,1H3,(H,18,20)(H,19,21)(H2,17,22,23). The maximum Gasteiger partial charge on any atom is 0.257 e. The van der Waals surface area contributed by atoms with Crippen LogP contribution in [0.1, 0.15) is 17.3 Å². The molecule has 7 nitrogen and oxygen atoms in total. The van der Waals surface area contributed by atoms with Crippen LogP contribution in [0.4, 0.5) is 11.4 Å². The van der Waals surface area contributed by atoms with E-state index < -0.39 is 15.9 Å². The van der Waals surface area contributed by atoms with E-state index in [1.807, 2.05) is 0 Å². The van der Waals surface area contributed by atoms with E-state index in [4.69, 9.17) is 5.14 Å². The highest BCUT2D eigenvalue weighted by atomic mass is 79.9. The molecule has 0 aliphatic heterocycles. The van der Waals surface area contributed by atoms with Gasteiger partial charge < -0.3 is 10.6 Å². The first-order valence-electron chi connectivity index (χ1n) is 6.68. The molecular weight excluding hydrogens is 398 g/mol. The molecule has 2 aromatic rings. The van der Waals surface area contributed by atoms with Crippen molar-refractivity contribution in [2.75, 3.05) is 10.6 Å². The molecule has 0 fully saturated rings. The van der Waals surface area contributed by atoms with Crippen LogP contribution in [0, 0.1) is 0 Å². The lowest BCUT2D eigenvalue weighted by Crippen LogP contribution is -2.17. The molecule has 0 aliphatic rings. The number of rotatable bonds is 4. The third-order valence-corrected chi connectivity index (χ3v) is 4.40. The van der Waals surface area contributed by atoms with Gasteiger partial charge >= 0.3 is 0 Å². The molecule has 0 atom stereocenters. The number of nitrogens with one attached hydrogen (secondary N) is 2. The second kappa shape index (κ2) is 7.12. The van der Waals surface area contributed by atoms with Crippen LogP contribution in [0.25, 0.3) is 0 Å². The zero-order chi connectivity index (χ0) is 17.9. The second-order valence-electron chi connectivity index (χ2n) is 4.89. The molecule has 0 heterocycles. The molecule has 0 unspecified atom stereocenters. The normalized spacial score (nSPS) is 11.0. The molecule has 0 saturated carbocycles. The molecule has 0 aromatic heterocycles. The number of hydrogen-bond donors (Lipinski definition) is 3. The van der Waals surface area contributed by atoms with Crippen molar-refractivity contribution in [1.82, 2.24) is 0 Å². The summed E-state index contributed by atoms with van der Waals surface area (Å²) in [6, 6.07) is 10.3. The number of carbonyl (C=O) groups excluding carboxylic acids is 2. The fourth-order valence-corrected chi connectivity index (χ4v) is 2.81. The minimum Gasteiger partial charge on any atom is -0.326 e. The fraction of sp³-hybridized carbons (Fsp3) is 0.0667. The summed E-state index contributed by atoms with van der Waals surface area (Å²) in [6.45, 7) is 1.34. The van der Waals surface area contributed by atoms with Crippen LogP contribution in [0.15, 0.2) is 51.8 Å². The van der Waals surface area contributed by atoms with Gasteiger partial charge in [0.15, 0.2) is 0 Å². The van der Waals surface area contributed by atoms with Gasteiger partial charge in [-0.3, -0.25) is 9.59 Å². The highest BCUT2D eigenvalue weighted by Gasteiger charge is 2.14. The number of amides is 2. The van der Waals surface area contributed by atoms with Gasteiger partial charge in [-0.2, -0.15) is 0 Å². The lowest BCUT2D eigenvalue weighted by Gasteiger charge is -2.11. The molecule has 9 heteroatoms. The largest absolute Gasteiger partial charge is 0.326 e. The van der Waals surface area contributed by atoms with Crippen LogP contribution in [0.5, 0.6) is 0 Å². The molecule has 2 aromatic carbocycles. The number of hydrogen-bond acceptors (Lipinski definition) is 4. The SMILES string of the molecule is CC(=O)Nc1ccc(Br)cc1C(=O)Nc1ccc(S(N)(=O)=O)cc1. The van der Waals surface area contributed by atoms with Gasteiger partial charge in [-0.25, -0.2) is 13.6 Å². The van der Waals surface area contributed by atoms with Gasteiger partial charge in [-0.05, 0) is 42.5 Å². The van der Waals surface area contributed by atoms with Crippen LogP contribution < -0.4 is 15.8 Å². The molecule has 0 radical (unpaired) electrons. The molecule has 126 valence electrons. The second-order valence-corrected chi connectivity index (χ2v) is 7.37. The molecule has 24 heavy (non-hydrogen) atoms. The van der Waals surface area contributed by atoms with Gasteiger partial charge in [0.25, 0.3) is 5.91 Å². The summed E-state index contributed by atoms with van der Waals surface area (Å²) in [7, 11) is -3.79. The maximum atomic E-state index is 12.4. The average molecular weight is 412 g/mol. The molecule has 0 aliphatic carbocycles. The van der Waals surface area contributed by atoms with Crippen LogP contribution in [0.3, 0.4) is 0 Å². The number of primary sulfonamides is 1. The lowest BCUT2D eigenvalue weighted by molar-refractivity contribution is -0.114. The molecular formula is C15H14BrN3O4S. The summed E-state index contributed by atoms with van der Waals surface area (Å²) < 4.78 is 23.1. The fourth-order valence-electron chi connectivity index (χ4n) is 1.93. The number of halogens is 1. The maximum absolute atomic E-state index is 12.4. The van der Waals surface area contributed by atoms with E-state index in [0.717, 1.165) is 0 Å². The Balaban J connectivity index is 2.26. The Morgan fingerprint density at radius 3 is 2.21 bits per heavy atom. The quantitative estimate of drug-likeness (QED) is 0.714. The minimum atomic E-state index is -3.79. The molecule has 0 spiro atoms. The first-order valence-corrected chi connectivity index (χ1v) is 9.02. The van der Waals surface area contributed by atoms with Crippen molar-refractivity contribution in [3.8, 4) is 0 Å². The summed E-state index contributed by atoms with van der Waals surface area (Å²) >= 11 is 3.27. The Kier molecular flexibility index (Phi) is 5.37. The van der Waals surface area contributed by atoms with Gasteiger partial charge in [-0.15, -0.1) is 0 Å². The molecule has 0 saturated heterocycles. The van der Waals surface area contributed by atoms with Gasteiger partial charge in [0.05, 0.1) is 16.1 Å². The van der Waals surface area contributed by atoms with Crippen LogP contribution in [-0.4, -0.2) is 20.2 Å². The predicted molar refractivity (Wildman–Crippen MR) is 94.2 cm³/mol. The monoisotopic (exact) mass is 411 g/mol. The highest BCUT2D eigenvalue weighted by Crippen LogP contribution is 2.23. The Hall–Kier alpha value is -2.23. The van der Waals surface area contributed by atoms with Crippen LogP contribution in [0.2, 0.25) is 0 Å². The van der Waals surface area contributed by atoms with E-state index in [-0.39, 0.29) is 16.4 Å². The summed E-state index contributed by atoms with van der Waals surface area (Å²) in [4.78, 5) is 23.6. The van der Waals surface area contributed by atoms with E-state index in [9.17, 15) is 18.0 Å². The number of sulfonamides is 1. The molecule has 2 amide bonds. The van der Waals surface area contributed by atoms with Gasteiger partial charge in [0, 0.05) is 17.1 Å². The van der Waals surface area contributed by atoms with Gasteiger partial charge in [-0.1, -0.05) is 15.9 Å². The third kappa shape index (κ3) is 4.63. The average Bonchev–Trinajstić information content (AvgIpc) is 2.48. The Morgan fingerprint density at radius 1 is 1.04 bits per heavy atom. The van der Waals surface area contributed by atoms with E-state index in [1.54, 1.807) is 18.2 Å². The number of benzene rings is 2. The predicted octanol–water partition coefficient (Wildman–Crippen LogP) is 2.31. The van der Waals surface area contributed by atoms with Gasteiger partial charge in [0.1, 0.15) is 0 Å². The van der Waals surface area contributed by atoms with E-state index in [1.165, 1.54) is 31.2 Å². The summed E-state index contributed by atoms with van der Waals surface area (Å²) in [6.07, 6.45) is 0. The summed E-state index contributed by atoms with van der Waals surface area (Å²) in [5.41, 5.74) is 1.01. The summed E-state index contributed by atoms with van der Waals surface area (Å²) in [5, 5.41) is 10.2. The van der Waals surface area contributed by atoms with Crippen molar-refractivity contribution in [1.29, 1.82) is 0 Å². The molecule has 2 rings (SSSR count). The zero-order valence-corrected chi connectivity index (χ0v) is 14.9. The number of nitrogens with two attached hydrogens (primary N) is 1. The first kappa shape index (κ1) is 18.1. The summed E-state index contributed by atoms with van der Waals surface area (Å²) in [5.74, 6) is -0.757. The topological polar surface area (TPSA) is 118 Å². The van der Waals surface area contributed by atoms with Gasteiger partial charge in [0.2, 0.25) is 15.9 Å². The Bertz CT molecular complexity index is 895. The number of carbonyl (C=O) groups is 2. The highest BCUT2D eigenvalue weighted by molar-refractivity contribution is 9.10. The lowest BCUT2D eigenvalue weighted by atomic mass is 10.1. The van der Waals surface area contributed by atoms with E-state index in [0.29, 0.717) is 15.8 Å². The zero-order valence-electron chi connectivity index (χ0n) is 12.5. The molecule has 0 bridgehead atoms. The van der Waals surface area contributed by atoms with E-state index in [2.05, 4.69) is 26.6 Å². The molecule has 4 N–H and O–H groups in total. The Morgan fingerprint density at radius 2 is 1.67 bits per heavy atom. The van der Waals surface area contributed by atoms with Crippen molar-refractivity contribution >= 4 is 49.1 Å². The first-order chi connectivity index (χ1) is 11.2. The van der Waals surface area contributed by atoms with E-state index >= 15 is 0 Å². The van der Waals surface area contributed by atoms with Crippen LogP contribution in [-0.2, 0) is 14.8 Å². The van der Waals surface area contributed by atoms with Crippen molar-refractivity contribution in [2.24, 2.45) is 5.14 Å². The number of anilines is 2. The van der Waals surface area contributed by atoms with Crippen molar-refractivity contribution < 1.29 is 18.0 Å². The minimum absolute atomic E-state index is 0.0538. The van der Waals surface area contributed by atoms with Crippen molar-refractivity contribution in [3.63, 3.8) is 0 Å². The Labute approximate surface area is 147 Å². The third-order valence-electron chi connectivity index (χ3n) is 2.98. The van der Waals surface area contributed by atoms with Crippen molar-refractivity contribution in [3.05, 3.63) is 52.5 Å².